The highest BCUT2D eigenvalue weighted by molar-refractivity contribution is 5.48. The lowest BCUT2D eigenvalue weighted by atomic mass is 10.3. The van der Waals surface area contributed by atoms with Gasteiger partial charge in [0, 0.05) is 13.1 Å². The van der Waals surface area contributed by atoms with Crippen LogP contribution in [-0.4, -0.2) is 31.3 Å². The zero-order valence-corrected chi connectivity index (χ0v) is 11.8. The fraction of sp³-hybridized carbons (Fsp3) is 0.333. The van der Waals surface area contributed by atoms with Gasteiger partial charge in [0.15, 0.2) is 6.61 Å². The number of anilines is 1. The van der Waals surface area contributed by atoms with Gasteiger partial charge < -0.3 is 18.8 Å². The van der Waals surface area contributed by atoms with E-state index in [1.807, 2.05) is 11.0 Å². The highest BCUT2D eigenvalue weighted by atomic mass is 19.1. The molecular formula is C15H14FN3O3. The Bertz CT molecular complexity index is 672. The molecule has 0 spiro atoms. The van der Waals surface area contributed by atoms with Crippen molar-refractivity contribution in [3.05, 3.63) is 41.7 Å². The Morgan fingerprint density at radius 3 is 2.68 bits per heavy atom. The van der Waals surface area contributed by atoms with Crippen molar-refractivity contribution in [2.45, 2.75) is 6.61 Å². The highest BCUT2D eigenvalue weighted by Crippen LogP contribution is 2.23. The van der Waals surface area contributed by atoms with Gasteiger partial charge in [-0.1, -0.05) is 0 Å². The van der Waals surface area contributed by atoms with Crippen LogP contribution >= 0.6 is 0 Å². The first-order valence-corrected chi connectivity index (χ1v) is 6.87. The van der Waals surface area contributed by atoms with E-state index in [-0.39, 0.29) is 18.1 Å². The molecule has 0 N–H and O–H groups in total. The van der Waals surface area contributed by atoms with Crippen molar-refractivity contribution >= 4 is 5.88 Å². The average Bonchev–Trinajstić information content (AvgIpc) is 2.98. The molecule has 0 amide bonds. The number of oxazole rings is 1. The van der Waals surface area contributed by atoms with Crippen LogP contribution in [0, 0.1) is 17.1 Å². The van der Waals surface area contributed by atoms with Crippen molar-refractivity contribution in [2.75, 3.05) is 31.2 Å². The van der Waals surface area contributed by atoms with Crippen LogP contribution < -0.4 is 9.64 Å². The van der Waals surface area contributed by atoms with E-state index in [0.29, 0.717) is 43.8 Å². The van der Waals surface area contributed by atoms with Crippen LogP contribution in [0.1, 0.15) is 11.6 Å². The van der Waals surface area contributed by atoms with E-state index in [9.17, 15) is 4.39 Å². The largest absolute Gasteiger partial charge is 0.484 e. The van der Waals surface area contributed by atoms with E-state index in [4.69, 9.17) is 19.2 Å². The maximum absolute atomic E-state index is 12.8. The molecule has 2 aromatic rings. The maximum Gasteiger partial charge on any atom is 0.236 e. The number of benzene rings is 1. The first kappa shape index (κ1) is 14.4. The second kappa shape index (κ2) is 6.45. The summed E-state index contributed by atoms with van der Waals surface area (Å²) in [5, 5.41) is 9.17. The van der Waals surface area contributed by atoms with E-state index in [0.717, 1.165) is 0 Å². The third-order valence-electron chi connectivity index (χ3n) is 3.23. The predicted octanol–water partition coefficient (Wildman–Crippen LogP) is 2.10. The molecule has 6 nitrogen and oxygen atoms in total. The highest BCUT2D eigenvalue weighted by Gasteiger charge is 2.21. The quantitative estimate of drug-likeness (QED) is 0.861. The number of hydrogen-bond acceptors (Lipinski definition) is 6. The number of halogens is 1. The van der Waals surface area contributed by atoms with Crippen molar-refractivity contribution in [3.8, 4) is 11.8 Å². The Balaban J connectivity index is 1.70. The number of morpholine rings is 1. The van der Waals surface area contributed by atoms with Crippen LogP contribution in [0.3, 0.4) is 0 Å². The smallest absolute Gasteiger partial charge is 0.236 e. The van der Waals surface area contributed by atoms with Gasteiger partial charge in [0.1, 0.15) is 17.6 Å². The lowest BCUT2D eigenvalue weighted by Crippen LogP contribution is -2.36. The van der Waals surface area contributed by atoms with Crippen molar-refractivity contribution in [2.24, 2.45) is 0 Å². The molecule has 1 fully saturated rings. The SMILES string of the molecule is N#Cc1nc(COc2ccc(F)cc2)oc1N1CCOCC1. The molecular weight excluding hydrogens is 289 g/mol. The number of rotatable bonds is 4. The van der Waals surface area contributed by atoms with E-state index < -0.39 is 0 Å². The molecule has 1 aromatic carbocycles. The first-order chi connectivity index (χ1) is 10.8. The van der Waals surface area contributed by atoms with Crippen LogP contribution in [0.5, 0.6) is 5.75 Å². The number of hydrogen-bond donors (Lipinski definition) is 0. The van der Waals surface area contributed by atoms with Crippen LogP contribution in [0.4, 0.5) is 10.3 Å². The van der Waals surface area contributed by atoms with E-state index in [1.54, 1.807) is 0 Å². The second-order valence-corrected chi connectivity index (χ2v) is 4.72. The summed E-state index contributed by atoms with van der Waals surface area (Å²) in [7, 11) is 0. The lowest BCUT2D eigenvalue weighted by Gasteiger charge is -2.25. The summed E-state index contributed by atoms with van der Waals surface area (Å²) >= 11 is 0. The van der Waals surface area contributed by atoms with E-state index in [1.165, 1.54) is 24.3 Å². The monoisotopic (exact) mass is 303 g/mol. The van der Waals surface area contributed by atoms with Crippen LogP contribution in [-0.2, 0) is 11.3 Å². The molecule has 7 heteroatoms. The van der Waals surface area contributed by atoms with Crippen LogP contribution in [0.15, 0.2) is 28.7 Å². The Morgan fingerprint density at radius 1 is 1.27 bits per heavy atom. The fourth-order valence-corrected chi connectivity index (χ4v) is 2.15. The number of aromatic nitrogens is 1. The fourth-order valence-electron chi connectivity index (χ4n) is 2.15. The molecule has 0 saturated carbocycles. The van der Waals surface area contributed by atoms with Crippen molar-refractivity contribution in [1.29, 1.82) is 5.26 Å². The molecule has 22 heavy (non-hydrogen) atoms. The van der Waals surface area contributed by atoms with Gasteiger partial charge >= 0.3 is 0 Å². The van der Waals surface area contributed by atoms with Gasteiger partial charge in [-0.25, -0.2) is 4.39 Å². The van der Waals surface area contributed by atoms with Crippen molar-refractivity contribution < 1.29 is 18.3 Å². The predicted molar refractivity (Wildman–Crippen MR) is 75.0 cm³/mol. The van der Waals surface area contributed by atoms with Gasteiger partial charge in [-0.2, -0.15) is 10.2 Å². The molecule has 3 rings (SSSR count). The van der Waals surface area contributed by atoms with Crippen molar-refractivity contribution in [1.82, 2.24) is 4.98 Å². The molecule has 1 aliphatic rings. The minimum absolute atomic E-state index is 0.0741. The van der Waals surface area contributed by atoms with Gasteiger partial charge in [0.25, 0.3) is 0 Å². The normalized spacial score (nSPS) is 14.6. The summed E-state index contributed by atoms with van der Waals surface area (Å²) < 4.78 is 29.2. The molecule has 2 heterocycles. The second-order valence-electron chi connectivity index (χ2n) is 4.72. The average molecular weight is 303 g/mol. The molecule has 0 radical (unpaired) electrons. The Morgan fingerprint density at radius 2 is 2.00 bits per heavy atom. The van der Waals surface area contributed by atoms with Gasteiger partial charge in [-0.15, -0.1) is 0 Å². The van der Waals surface area contributed by atoms with Gasteiger partial charge in [0.2, 0.25) is 17.5 Å². The Labute approximate surface area is 126 Å². The zero-order valence-electron chi connectivity index (χ0n) is 11.8. The summed E-state index contributed by atoms with van der Waals surface area (Å²) in [4.78, 5) is 6.05. The number of nitrogens with zero attached hydrogens (tertiary/aromatic N) is 3. The minimum Gasteiger partial charge on any atom is -0.484 e. The molecule has 0 unspecified atom stereocenters. The molecule has 1 aromatic heterocycles. The van der Waals surface area contributed by atoms with Crippen molar-refractivity contribution in [3.63, 3.8) is 0 Å². The molecule has 1 saturated heterocycles. The maximum atomic E-state index is 12.8. The third kappa shape index (κ3) is 3.18. The summed E-state index contributed by atoms with van der Waals surface area (Å²) in [6, 6.07) is 7.69. The molecule has 114 valence electrons. The molecule has 0 bridgehead atoms. The summed E-state index contributed by atoms with van der Waals surface area (Å²) in [6.45, 7) is 2.56. The molecule has 0 atom stereocenters. The molecule has 0 aliphatic carbocycles. The van der Waals surface area contributed by atoms with E-state index >= 15 is 0 Å². The summed E-state index contributed by atoms with van der Waals surface area (Å²) in [5.74, 6) is 0.932. The summed E-state index contributed by atoms with van der Waals surface area (Å²) in [5.41, 5.74) is 0.236. The third-order valence-corrected chi connectivity index (χ3v) is 3.23. The minimum atomic E-state index is -0.329. The van der Waals surface area contributed by atoms with Gasteiger partial charge in [0.05, 0.1) is 13.2 Å². The standard InChI is InChI=1S/C15H14FN3O3/c16-11-1-3-12(4-2-11)21-10-14-18-13(9-17)15(22-14)19-5-7-20-8-6-19/h1-4H,5-8,10H2. The van der Waals surface area contributed by atoms with Gasteiger partial charge in [-0.3, -0.25) is 0 Å². The number of nitriles is 1. The Kier molecular flexibility index (Phi) is 4.21. The van der Waals surface area contributed by atoms with Crippen LogP contribution in [0.2, 0.25) is 0 Å². The first-order valence-electron chi connectivity index (χ1n) is 6.87. The van der Waals surface area contributed by atoms with E-state index in [2.05, 4.69) is 4.98 Å². The molecule has 1 aliphatic heterocycles. The zero-order chi connectivity index (χ0) is 15.4. The van der Waals surface area contributed by atoms with Crippen LogP contribution in [0.25, 0.3) is 0 Å². The van der Waals surface area contributed by atoms with Gasteiger partial charge in [-0.05, 0) is 24.3 Å². The Hall–Kier alpha value is -2.59. The topological polar surface area (TPSA) is 71.5 Å². The summed E-state index contributed by atoms with van der Waals surface area (Å²) in [6.07, 6.45) is 0. The number of ether oxygens (including phenoxy) is 2. The lowest BCUT2D eigenvalue weighted by molar-refractivity contribution is 0.120.